The van der Waals surface area contributed by atoms with Gasteiger partial charge in [-0.1, -0.05) is 6.92 Å². The first-order valence-corrected chi connectivity index (χ1v) is 8.68. The number of piperidine rings is 1. The van der Waals surface area contributed by atoms with Crippen LogP contribution >= 0.6 is 0 Å². The first-order valence-electron chi connectivity index (χ1n) is 8.68. The highest BCUT2D eigenvalue weighted by molar-refractivity contribution is 5.82. The number of carbonyl (C=O) groups is 2. The molecule has 1 aliphatic rings. The van der Waals surface area contributed by atoms with Gasteiger partial charge in [0.15, 0.2) is 12.7 Å². The van der Waals surface area contributed by atoms with Gasteiger partial charge in [-0.15, -0.1) is 0 Å². The van der Waals surface area contributed by atoms with E-state index in [9.17, 15) is 9.59 Å². The molecule has 0 aromatic heterocycles. The zero-order valence-corrected chi connectivity index (χ0v) is 14.7. The van der Waals surface area contributed by atoms with Crippen molar-refractivity contribution in [2.45, 2.75) is 51.7 Å². The summed E-state index contributed by atoms with van der Waals surface area (Å²) in [5.41, 5.74) is 0.514. The molecular formula is C19H24N2O4. The van der Waals surface area contributed by atoms with Crippen LogP contribution in [0.1, 0.15) is 45.1 Å². The summed E-state index contributed by atoms with van der Waals surface area (Å²) in [6.45, 7) is 4.11. The number of nitrogens with zero attached hydrogens (tertiary/aromatic N) is 2. The van der Waals surface area contributed by atoms with Gasteiger partial charge in [0.2, 0.25) is 0 Å². The molecule has 2 atom stereocenters. The third-order valence-electron chi connectivity index (χ3n) is 4.38. The van der Waals surface area contributed by atoms with Crippen molar-refractivity contribution in [3.63, 3.8) is 0 Å². The van der Waals surface area contributed by atoms with E-state index in [1.165, 1.54) is 0 Å². The highest BCUT2D eigenvalue weighted by Gasteiger charge is 2.26. The predicted molar refractivity (Wildman–Crippen MR) is 91.8 cm³/mol. The van der Waals surface area contributed by atoms with E-state index in [-0.39, 0.29) is 18.6 Å². The second-order valence-corrected chi connectivity index (χ2v) is 6.15. The summed E-state index contributed by atoms with van der Waals surface area (Å²) in [7, 11) is 0. The molecule has 1 aliphatic heterocycles. The molecule has 6 heteroatoms. The Morgan fingerprint density at radius 2 is 2.04 bits per heavy atom. The first kappa shape index (κ1) is 18.8. The molecule has 0 radical (unpaired) electrons. The number of hydrogen-bond donors (Lipinski definition) is 0. The number of esters is 1. The third kappa shape index (κ3) is 5.21. The maximum atomic E-state index is 12.3. The Balaban J connectivity index is 1.82. The SMILES string of the molecule is CC[C@H]1CCCCN1C(=O)COC(=O)[C@@H](C)Oc1ccc(C#N)cc1. The molecule has 1 heterocycles. The first-order chi connectivity index (χ1) is 12.0. The summed E-state index contributed by atoms with van der Waals surface area (Å²) >= 11 is 0. The maximum absolute atomic E-state index is 12.3. The van der Waals surface area contributed by atoms with Crippen molar-refractivity contribution < 1.29 is 19.1 Å². The normalized spacial score (nSPS) is 18.1. The van der Waals surface area contributed by atoms with Crippen LogP contribution in [0.25, 0.3) is 0 Å². The largest absolute Gasteiger partial charge is 0.479 e. The van der Waals surface area contributed by atoms with Gasteiger partial charge in [0.05, 0.1) is 11.6 Å². The average molecular weight is 344 g/mol. The molecule has 0 saturated carbocycles. The van der Waals surface area contributed by atoms with Gasteiger partial charge in [-0.25, -0.2) is 4.79 Å². The van der Waals surface area contributed by atoms with E-state index in [2.05, 4.69) is 6.92 Å². The monoisotopic (exact) mass is 344 g/mol. The Labute approximate surface area is 148 Å². The number of hydrogen-bond acceptors (Lipinski definition) is 5. The zero-order valence-electron chi connectivity index (χ0n) is 14.7. The fourth-order valence-corrected chi connectivity index (χ4v) is 2.95. The molecule has 1 fully saturated rings. The minimum Gasteiger partial charge on any atom is -0.479 e. The van der Waals surface area contributed by atoms with E-state index in [0.29, 0.717) is 11.3 Å². The average Bonchev–Trinajstić information content (AvgIpc) is 2.66. The minimum absolute atomic E-state index is 0.148. The van der Waals surface area contributed by atoms with Crippen LogP contribution in [0.4, 0.5) is 0 Å². The summed E-state index contributed by atoms with van der Waals surface area (Å²) in [4.78, 5) is 26.2. The second kappa shape index (κ2) is 9.07. The van der Waals surface area contributed by atoms with Gasteiger partial charge < -0.3 is 14.4 Å². The Morgan fingerprint density at radius 1 is 1.32 bits per heavy atom. The maximum Gasteiger partial charge on any atom is 0.347 e. The lowest BCUT2D eigenvalue weighted by atomic mass is 10.00. The Morgan fingerprint density at radius 3 is 2.68 bits per heavy atom. The van der Waals surface area contributed by atoms with E-state index in [0.717, 1.165) is 32.2 Å². The highest BCUT2D eigenvalue weighted by atomic mass is 16.6. The van der Waals surface area contributed by atoms with Crippen molar-refractivity contribution in [1.29, 1.82) is 5.26 Å². The van der Waals surface area contributed by atoms with Crippen molar-refractivity contribution in [1.82, 2.24) is 4.90 Å². The van der Waals surface area contributed by atoms with Crippen LogP contribution in [0.2, 0.25) is 0 Å². The quantitative estimate of drug-likeness (QED) is 0.741. The molecule has 6 nitrogen and oxygen atoms in total. The summed E-state index contributed by atoms with van der Waals surface area (Å²) in [5, 5.41) is 8.76. The minimum atomic E-state index is -0.830. The molecule has 0 aliphatic carbocycles. The lowest BCUT2D eigenvalue weighted by molar-refractivity contribution is -0.158. The van der Waals surface area contributed by atoms with Crippen LogP contribution < -0.4 is 4.74 Å². The zero-order chi connectivity index (χ0) is 18.2. The van der Waals surface area contributed by atoms with E-state index in [1.54, 1.807) is 31.2 Å². The van der Waals surface area contributed by atoms with Crippen molar-refractivity contribution in [2.75, 3.05) is 13.2 Å². The second-order valence-electron chi connectivity index (χ2n) is 6.15. The Kier molecular flexibility index (Phi) is 6.81. The van der Waals surface area contributed by atoms with Gasteiger partial charge >= 0.3 is 5.97 Å². The van der Waals surface area contributed by atoms with Crippen molar-refractivity contribution in [3.05, 3.63) is 29.8 Å². The van der Waals surface area contributed by atoms with Gasteiger partial charge in [-0.05, 0) is 56.9 Å². The van der Waals surface area contributed by atoms with E-state index in [1.807, 2.05) is 11.0 Å². The summed E-state index contributed by atoms with van der Waals surface area (Å²) in [6.07, 6.45) is 3.22. The number of nitriles is 1. The van der Waals surface area contributed by atoms with Crippen LogP contribution in [0, 0.1) is 11.3 Å². The third-order valence-corrected chi connectivity index (χ3v) is 4.38. The molecular weight excluding hydrogens is 320 g/mol. The Hall–Kier alpha value is -2.55. The molecule has 2 rings (SSSR count). The van der Waals surface area contributed by atoms with E-state index < -0.39 is 12.1 Å². The van der Waals surface area contributed by atoms with Crippen LogP contribution in [-0.4, -0.2) is 42.1 Å². The topological polar surface area (TPSA) is 79.6 Å². The smallest absolute Gasteiger partial charge is 0.347 e. The van der Waals surface area contributed by atoms with Gasteiger partial charge in [0.1, 0.15) is 5.75 Å². The lowest BCUT2D eigenvalue weighted by Gasteiger charge is -2.35. The molecule has 134 valence electrons. The number of benzene rings is 1. The summed E-state index contributed by atoms with van der Waals surface area (Å²) in [6, 6.07) is 8.71. The van der Waals surface area contributed by atoms with Gasteiger partial charge in [0, 0.05) is 12.6 Å². The molecule has 0 spiro atoms. The van der Waals surface area contributed by atoms with Crippen LogP contribution in [0.5, 0.6) is 5.75 Å². The molecule has 0 N–H and O–H groups in total. The Bertz CT molecular complexity index is 636. The summed E-state index contributed by atoms with van der Waals surface area (Å²) < 4.78 is 10.6. The van der Waals surface area contributed by atoms with Gasteiger partial charge in [-0.3, -0.25) is 4.79 Å². The molecule has 1 aromatic rings. The van der Waals surface area contributed by atoms with Crippen molar-refractivity contribution in [3.8, 4) is 11.8 Å². The molecule has 1 saturated heterocycles. The van der Waals surface area contributed by atoms with Crippen LogP contribution in [0.15, 0.2) is 24.3 Å². The molecule has 1 aromatic carbocycles. The number of rotatable bonds is 6. The molecule has 25 heavy (non-hydrogen) atoms. The summed E-state index contributed by atoms with van der Waals surface area (Å²) in [5.74, 6) is -0.259. The van der Waals surface area contributed by atoms with Crippen LogP contribution in [-0.2, 0) is 14.3 Å². The van der Waals surface area contributed by atoms with Crippen molar-refractivity contribution >= 4 is 11.9 Å². The molecule has 1 amide bonds. The fourth-order valence-electron chi connectivity index (χ4n) is 2.95. The highest BCUT2D eigenvalue weighted by Crippen LogP contribution is 2.19. The van der Waals surface area contributed by atoms with E-state index >= 15 is 0 Å². The molecule has 0 unspecified atom stereocenters. The molecule has 0 bridgehead atoms. The van der Waals surface area contributed by atoms with E-state index in [4.69, 9.17) is 14.7 Å². The van der Waals surface area contributed by atoms with Gasteiger partial charge in [0.25, 0.3) is 5.91 Å². The van der Waals surface area contributed by atoms with Crippen molar-refractivity contribution in [2.24, 2.45) is 0 Å². The number of likely N-dealkylation sites (tertiary alicyclic amines) is 1. The van der Waals surface area contributed by atoms with Crippen LogP contribution in [0.3, 0.4) is 0 Å². The standard InChI is InChI=1S/C19H24N2O4/c1-3-16-6-4-5-11-21(16)18(22)13-24-19(23)14(2)25-17-9-7-15(12-20)8-10-17/h7-10,14,16H,3-6,11,13H2,1-2H3/t14-,16+/m1/s1. The lowest BCUT2D eigenvalue weighted by Crippen LogP contribution is -2.45. The number of carbonyl (C=O) groups excluding carboxylic acids is 2. The number of amides is 1. The number of ether oxygens (including phenoxy) is 2. The van der Waals surface area contributed by atoms with Gasteiger partial charge in [-0.2, -0.15) is 5.26 Å². The predicted octanol–water partition coefficient (Wildman–Crippen LogP) is 2.66. The fraction of sp³-hybridized carbons (Fsp3) is 0.526.